The van der Waals surface area contributed by atoms with Crippen molar-refractivity contribution in [1.82, 2.24) is 5.32 Å². The van der Waals surface area contributed by atoms with E-state index in [9.17, 15) is 4.79 Å². The second-order valence-corrected chi connectivity index (χ2v) is 5.90. The van der Waals surface area contributed by atoms with E-state index in [0.29, 0.717) is 5.92 Å². The van der Waals surface area contributed by atoms with Gasteiger partial charge in [-0.15, -0.1) is 0 Å². The van der Waals surface area contributed by atoms with Crippen molar-refractivity contribution in [3.05, 3.63) is 35.4 Å². The quantitative estimate of drug-likeness (QED) is 0.835. The zero-order valence-corrected chi connectivity index (χ0v) is 12.9. The lowest BCUT2D eigenvalue weighted by Gasteiger charge is -2.19. The van der Waals surface area contributed by atoms with Gasteiger partial charge in [0.2, 0.25) is 0 Å². The second kappa shape index (κ2) is 7.00. The molecule has 0 saturated carbocycles. The minimum Gasteiger partial charge on any atom is -0.444 e. The SMILES string of the molecule is CC(C)c1ccccc1C#CCNC(=O)OC(C)(C)C. The Hall–Kier alpha value is -1.95. The molecule has 0 atom stereocenters. The van der Waals surface area contributed by atoms with Crippen LogP contribution in [-0.2, 0) is 4.74 Å². The smallest absolute Gasteiger partial charge is 0.408 e. The number of benzene rings is 1. The Morgan fingerprint density at radius 2 is 1.95 bits per heavy atom. The molecule has 1 amide bonds. The van der Waals surface area contributed by atoms with Gasteiger partial charge < -0.3 is 10.1 Å². The first-order valence-corrected chi connectivity index (χ1v) is 6.84. The Labute approximate surface area is 121 Å². The van der Waals surface area contributed by atoms with Crippen LogP contribution in [0.25, 0.3) is 0 Å². The van der Waals surface area contributed by atoms with Gasteiger partial charge in [0.1, 0.15) is 5.60 Å². The largest absolute Gasteiger partial charge is 0.444 e. The first kappa shape index (κ1) is 16.1. The van der Waals surface area contributed by atoms with Gasteiger partial charge in [0.15, 0.2) is 0 Å². The molecule has 1 aromatic rings. The summed E-state index contributed by atoms with van der Waals surface area (Å²) in [5.41, 5.74) is 1.74. The summed E-state index contributed by atoms with van der Waals surface area (Å²) < 4.78 is 5.13. The van der Waals surface area contributed by atoms with E-state index in [-0.39, 0.29) is 6.54 Å². The molecular formula is C17H23NO2. The third kappa shape index (κ3) is 5.79. The molecule has 1 rings (SSSR count). The number of ether oxygens (including phenoxy) is 1. The highest BCUT2D eigenvalue weighted by Crippen LogP contribution is 2.17. The second-order valence-electron chi connectivity index (χ2n) is 5.90. The molecule has 0 bridgehead atoms. The third-order valence-corrected chi connectivity index (χ3v) is 2.53. The van der Waals surface area contributed by atoms with Crippen LogP contribution in [0.1, 0.15) is 51.7 Å². The fraction of sp³-hybridized carbons (Fsp3) is 0.471. The average molecular weight is 273 g/mol. The maximum absolute atomic E-state index is 11.4. The zero-order chi connectivity index (χ0) is 15.2. The van der Waals surface area contributed by atoms with Crippen molar-refractivity contribution in [1.29, 1.82) is 0 Å². The van der Waals surface area contributed by atoms with Crippen molar-refractivity contribution in [2.24, 2.45) is 0 Å². The number of amides is 1. The molecule has 0 radical (unpaired) electrons. The van der Waals surface area contributed by atoms with Crippen LogP contribution in [0, 0.1) is 11.8 Å². The van der Waals surface area contributed by atoms with Crippen molar-refractivity contribution in [2.75, 3.05) is 6.54 Å². The lowest BCUT2D eigenvalue weighted by Crippen LogP contribution is -2.32. The molecule has 0 heterocycles. The molecule has 0 aliphatic heterocycles. The third-order valence-electron chi connectivity index (χ3n) is 2.53. The minimum absolute atomic E-state index is 0.279. The Balaban J connectivity index is 2.58. The Bertz CT molecular complexity index is 516. The van der Waals surface area contributed by atoms with E-state index in [2.05, 4.69) is 37.1 Å². The Morgan fingerprint density at radius 3 is 2.55 bits per heavy atom. The molecule has 3 heteroatoms. The summed E-state index contributed by atoms with van der Waals surface area (Å²) >= 11 is 0. The number of alkyl carbamates (subject to hydrolysis) is 1. The van der Waals surface area contributed by atoms with Crippen molar-refractivity contribution in [3.8, 4) is 11.8 Å². The van der Waals surface area contributed by atoms with E-state index in [1.54, 1.807) is 0 Å². The molecule has 20 heavy (non-hydrogen) atoms. The van der Waals surface area contributed by atoms with Gasteiger partial charge in [-0.25, -0.2) is 4.79 Å². The molecule has 0 aromatic heterocycles. The average Bonchev–Trinajstić information content (AvgIpc) is 2.33. The molecule has 1 aromatic carbocycles. The van der Waals surface area contributed by atoms with Crippen LogP contribution in [0.2, 0.25) is 0 Å². The molecule has 0 aliphatic rings. The summed E-state index contributed by atoms with van der Waals surface area (Å²) in [6.45, 7) is 10.0. The highest BCUT2D eigenvalue weighted by atomic mass is 16.6. The number of nitrogens with one attached hydrogen (secondary N) is 1. The van der Waals surface area contributed by atoms with E-state index in [4.69, 9.17) is 4.74 Å². The Morgan fingerprint density at radius 1 is 1.30 bits per heavy atom. The van der Waals surface area contributed by atoms with Crippen LogP contribution in [-0.4, -0.2) is 18.2 Å². The summed E-state index contributed by atoms with van der Waals surface area (Å²) in [5.74, 6) is 6.47. The van der Waals surface area contributed by atoms with E-state index >= 15 is 0 Å². The zero-order valence-electron chi connectivity index (χ0n) is 12.9. The van der Waals surface area contributed by atoms with Gasteiger partial charge in [-0.2, -0.15) is 0 Å². The number of carbonyl (C=O) groups is 1. The molecule has 0 aliphatic carbocycles. The number of carbonyl (C=O) groups excluding carboxylic acids is 1. The summed E-state index contributed by atoms with van der Waals surface area (Å²) in [5, 5.41) is 2.62. The highest BCUT2D eigenvalue weighted by molar-refractivity contribution is 5.68. The molecule has 1 N–H and O–H groups in total. The van der Waals surface area contributed by atoms with Crippen LogP contribution in [0.5, 0.6) is 0 Å². The normalized spacial score (nSPS) is 10.7. The summed E-state index contributed by atoms with van der Waals surface area (Å²) in [6, 6.07) is 8.06. The van der Waals surface area contributed by atoms with E-state index in [1.165, 1.54) is 5.56 Å². The fourth-order valence-electron chi connectivity index (χ4n) is 1.68. The predicted molar refractivity (Wildman–Crippen MR) is 81.6 cm³/mol. The van der Waals surface area contributed by atoms with Gasteiger partial charge in [0, 0.05) is 5.56 Å². The van der Waals surface area contributed by atoms with Gasteiger partial charge in [0.05, 0.1) is 6.54 Å². The standard InChI is InChI=1S/C17H23NO2/c1-13(2)15-11-7-6-9-14(15)10-8-12-18-16(19)20-17(3,4)5/h6-7,9,11,13H,12H2,1-5H3,(H,18,19). The lowest BCUT2D eigenvalue weighted by atomic mass is 9.98. The summed E-state index contributed by atoms with van der Waals surface area (Å²) in [6.07, 6.45) is -0.441. The maximum Gasteiger partial charge on any atom is 0.408 e. The number of rotatable bonds is 2. The highest BCUT2D eigenvalue weighted by Gasteiger charge is 2.15. The van der Waals surface area contributed by atoms with Crippen molar-refractivity contribution >= 4 is 6.09 Å². The van der Waals surface area contributed by atoms with Crippen molar-refractivity contribution in [3.63, 3.8) is 0 Å². The van der Waals surface area contributed by atoms with E-state index in [1.807, 2.05) is 39.0 Å². The van der Waals surface area contributed by atoms with Crippen LogP contribution in [0.4, 0.5) is 4.79 Å². The van der Waals surface area contributed by atoms with Crippen LogP contribution < -0.4 is 5.32 Å². The van der Waals surface area contributed by atoms with Gasteiger partial charge in [0.25, 0.3) is 0 Å². The van der Waals surface area contributed by atoms with Crippen molar-refractivity contribution in [2.45, 2.75) is 46.1 Å². The van der Waals surface area contributed by atoms with E-state index in [0.717, 1.165) is 5.56 Å². The molecule has 0 unspecified atom stereocenters. The van der Waals surface area contributed by atoms with Gasteiger partial charge >= 0.3 is 6.09 Å². The van der Waals surface area contributed by atoms with Crippen LogP contribution in [0.3, 0.4) is 0 Å². The van der Waals surface area contributed by atoms with Gasteiger partial charge in [-0.05, 0) is 38.3 Å². The molecule has 0 fully saturated rings. The minimum atomic E-state index is -0.484. The van der Waals surface area contributed by atoms with Crippen LogP contribution >= 0.6 is 0 Å². The van der Waals surface area contributed by atoms with Gasteiger partial charge in [-0.1, -0.05) is 43.9 Å². The predicted octanol–water partition coefficient (Wildman–Crippen LogP) is 3.69. The molecule has 3 nitrogen and oxygen atoms in total. The summed E-state index contributed by atoms with van der Waals surface area (Å²) in [7, 11) is 0. The van der Waals surface area contributed by atoms with Gasteiger partial charge in [-0.3, -0.25) is 0 Å². The molecule has 108 valence electrons. The number of hydrogen-bond acceptors (Lipinski definition) is 2. The number of hydrogen-bond donors (Lipinski definition) is 1. The Kier molecular flexibility index (Phi) is 5.64. The summed E-state index contributed by atoms with van der Waals surface area (Å²) in [4.78, 5) is 11.4. The molecule has 0 spiro atoms. The lowest BCUT2D eigenvalue weighted by molar-refractivity contribution is 0.0535. The first-order chi connectivity index (χ1) is 9.29. The topological polar surface area (TPSA) is 38.3 Å². The van der Waals surface area contributed by atoms with E-state index < -0.39 is 11.7 Å². The first-order valence-electron chi connectivity index (χ1n) is 6.84. The molecular weight excluding hydrogens is 250 g/mol. The van der Waals surface area contributed by atoms with Crippen molar-refractivity contribution < 1.29 is 9.53 Å². The maximum atomic E-state index is 11.4. The monoisotopic (exact) mass is 273 g/mol. The molecule has 0 saturated heterocycles. The fourth-order valence-corrected chi connectivity index (χ4v) is 1.68. The van der Waals surface area contributed by atoms with Crippen LogP contribution in [0.15, 0.2) is 24.3 Å².